The van der Waals surface area contributed by atoms with E-state index in [-0.39, 0.29) is 5.75 Å². The molecule has 0 amide bonds. The van der Waals surface area contributed by atoms with Gasteiger partial charge in [-0.3, -0.25) is 0 Å². The van der Waals surface area contributed by atoms with Crippen molar-refractivity contribution in [2.75, 3.05) is 6.61 Å². The van der Waals surface area contributed by atoms with Gasteiger partial charge in [0.25, 0.3) is 0 Å². The summed E-state index contributed by atoms with van der Waals surface area (Å²) in [7, 11) is 0. The minimum Gasteiger partial charge on any atom is -0.491 e. The number of carbonyl (C=O) groups is 1. The number of halogens is 4. The molecule has 0 spiro atoms. The minimum absolute atomic E-state index is 0.225. The van der Waals surface area contributed by atoms with E-state index in [1.54, 1.807) is 0 Å². The molecule has 0 bridgehead atoms. The second-order valence-electron chi connectivity index (χ2n) is 3.60. The van der Waals surface area contributed by atoms with Gasteiger partial charge in [-0.1, -0.05) is 0 Å². The van der Waals surface area contributed by atoms with Crippen LogP contribution in [0, 0.1) is 0 Å². The van der Waals surface area contributed by atoms with Crippen molar-refractivity contribution >= 4 is 5.97 Å². The van der Waals surface area contributed by atoms with Gasteiger partial charge in [0.15, 0.2) is 0 Å². The van der Waals surface area contributed by atoms with E-state index in [0.29, 0.717) is 6.07 Å². The van der Waals surface area contributed by atoms with E-state index in [1.807, 2.05) is 0 Å². The van der Waals surface area contributed by atoms with Crippen molar-refractivity contribution in [2.24, 2.45) is 0 Å². The molecule has 0 aliphatic heterocycles. The number of carboxylic acids is 1. The Kier molecular flexibility index (Phi) is 4.15. The lowest BCUT2D eigenvalue weighted by Gasteiger charge is -2.13. The van der Waals surface area contributed by atoms with Crippen molar-refractivity contribution in [2.45, 2.75) is 19.3 Å². The number of benzene rings is 1. The molecule has 1 rings (SSSR count). The molecular formula is C11H10F4O3. The van der Waals surface area contributed by atoms with Crippen molar-refractivity contribution in [3.05, 3.63) is 29.3 Å². The van der Waals surface area contributed by atoms with Crippen LogP contribution in [0.1, 0.15) is 22.8 Å². The third-order valence-corrected chi connectivity index (χ3v) is 2.01. The van der Waals surface area contributed by atoms with E-state index >= 15 is 0 Å². The summed E-state index contributed by atoms with van der Waals surface area (Å²) in [5.41, 5.74) is -2.19. The van der Waals surface area contributed by atoms with Gasteiger partial charge in [-0.2, -0.15) is 13.2 Å². The summed E-state index contributed by atoms with van der Waals surface area (Å²) in [5.74, 6) is -1.91. The first-order valence-corrected chi connectivity index (χ1v) is 4.93. The van der Waals surface area contributed by atoms with Crippen LogP contribution in [-0.2, 0) is 6.18 Å². The highest BCUT2D eigenvalue weighted by atomic mass is 19.4. The minimum atomic E-state index is -4.81. The quantitative estimate of drug-likeness (QED) is 0.851. The molecule has 0 saturated carbocycles. The molecule has 100 valence electrons. The zero-order valence-electron chi connectivity index (χ0n) is 9.29. The lowest BCUT2D eigenvalue weighted by Crippen LogP contribution is -2.14. The van der Waals surface area contributed by atoms with Gasteiger partial charge in [-0.15, -0.1) is 0 Å². The Hall–Kier alpha value is -1.79. The maximum absolute atomic E-state index is 12.6. The Morgan fingerprint density at radius 3 is 2.50 bits per heavy atom. The summed E-state index contributed by atoms with van der Waals surface area (Å²) >= 11 is 0. The number of aromatic carboxylic acids is 1. The fraction of sp³-hybridized carbons (Fsp3) is 0.364. The highest BCUT2D eigenvalue weighted by Gasteiger charge is 2.35. The molecular weight excluding hydrogens is 256 g/mol. The fourth-order valence-corrected chi connectivity index (χ4v) is 1.25. The smallest absolute Gasteiger partial charge is 0.417 e. The standard InChI is InChI=1S/C11H10F4O3/c1-6(12)5-18-7-2-3-8(10(16)17)9(4-7)11(13,14)15/h2-4,6H,5H2,1H3,(H,16,17)/t6-/m1/s1. The Morgan fingerprint density at radius 2 is 2.06 bits per heavy atom. The van der Waals surface area contributed by atoms with E-state index in [4.69, 9.17) is 9.84 Å². The highest BCUT2D eigenvalue weighted by molar-refractivity contribution is 5.89. The Bertz CT molecular complexity index is 440. The number of carboxylic acid groups (broad SMARTS) is 1. The summed E-state index contributed by atoms with van der Waals surface area (Å²) in [5, 5.41) is 8.64. The van der Waals surface area contributed by atoms with Crippen LogP contribution in [0.3, 0.4) is 0 Å². The largest absolute Gasteiger partial charge is 0.491 e. The second-order valence-corrected chi connectivity index (χ2v) is 3.60. The highest BCUT2D eigenvalue weighted by Crippen LogP contribution is 2.34. The van der Waals surface area contributed by atoms with Gasteiger partial charge in [-0.25, -0.2) is 9.18 Å². The van der Waals surface area contributed by atoms with Gasteiger partial charge in [0.1, 0.15) is 18.5 Å². The predicted molar refractivity (Wildman–Crippen MR) is 54.5 cm³/mol. The monoisotopic (exact) mass is 266 g/mol. The van der Waals surface area contributed by atoms with Crippen LogP contribution < -0.4 is 4.74 Å². The molecule has 0 heterocycles. The molecule has 1 atom stereocenters. The fourth-order valence-electron chi connectivity index (χ4n) is 1.25. The van der Waals surface area contributed by atoms with Gasteiger partial charge < -0.3 is 9.84 Å². The summed E-state index contributed by atoms with van der Waals surface area (Å²) < 4.78 is 55.0. The Morgan fingerprint density at radius 1 is 1.44 bits per heavy atom. The number of rotatable bonds is 4. The number of alkyl halides is 4. The van der Waals surface area contributed by atoms with Crippen LogP contribution in [0.2, 0.25) is 0 Å². The van der Waals surface area contributed by atoms with Gasteiger partial charge in [0.05, 0.1) is 11.1 Å². The molecule has 1 aromatic carbocycles. The van der Waals surface area contributed by atoms with Crippen LogP contribution in [0.5, 0.6) is 5.75 Å². The van der Waals surface area contributed by atoms with Gasteiger partial charge in [0, 0.05) is 0 Å². The van der Waals surface area contributed by atoms with Gasteiger partial charge >= 0.3 is 12.1 Å². The van der Waals surface area contributed by atoms with Crippen LogP contribution in [-0.4, -0.2) is 23.9 Å². The molecule has 3 nitrogen and oxygen atoms in total. The lowest BCUT2D eigenvalue weighted by atomic mass is 10.1. The van der Waals surface area contributed by atoms with Gasteiger partial charge in [0.2, 0.25) is 0 Å². The summed E-state index contributed by atoms with van der Waals surface area (Å²) in [6.45, 7) is 0.792. The Labute approximate surface area is 100.0 Å². The number of hydrogen-bond acceptors (Lipinski definition) is 2. The first-order valence-electron chi connectivity index (χ1n) is 4.93. The maximum Gasteiger partial charge on any atom is 0.417 e. The molecule has 7 heteroatoms. The molecule has 0 aliphatic rings. The first kappa shape index (κ1) is 14.3. The SMILES string of the molecule is C[C@@H](F)COc1ccc(C(=O)O)c(C(F)(F)F)c1. The topological polar surface area (TPSA) is 46.5 Å². The van der Waals surface area contributed by atoms with Crippen molar-refractivity contribution in [1.29, 1.82) is 0 Å². The van der Waals surface area contributed by atoms with Crippen LogP contribution in [0.15, 0.2) is 18.2 Å². The zero-order chi connectivity index (χ0) is 13.9. The first-order chi connectivity index (χ1) is 8.21. The summed E-state index contributed by atoms with van der Waals surface area (Å²) in [6.07, 6.45) is -6.15. The molecule has 0 fully saturated rings. The second kappa shape index (κ2) is 5.24. The zero-order valence-corrected chi connectivity index (χ0v) is 9.29. The van der Waals surface area contributed by atoms with E-state index in [0.717, 1.165) is 12.1 Å². The van der Waals surface area contributed by atoms with Gasteiger partial charge in [-0.05, 0) is 25.1 Å². The molecule has 0 aromatic heterocycles. The average molecular weight is 266 g/mol. The van der Waals surface area contributed by atoms with E-state index in [2.05, 4.69) is 0 Å². The third-order valence-electron chi connectivity index (χ3n) is 2.01. The molecule has 1 aromatic rings. The predicted octanol–water partition coefficient (Wildman–Crippen LogP) is 3.14. The van der Waals surface area contributed by atoms with Crippen molar-refractivity contribution in [1.82, 2.24) is 0 Å². The van der Waals surface area contributed by atoms with Crippen LogP contribution in [0.25, 0.3) is 0 Å². The van der Waals surface area contributed by atoms with Crippen LogP contribution in [0.4, 0.5) is 17.6 Å². The van der Waals surface area contributed by atoms with Crippen molar-refractivity contribution in [3.63, 3.8) is 0 Å². The normalized spacial score (nSPS) is 13.2. The lowest BCUT2D eigenvalue weighted by molar-refractivity contribution is -0.138. The molecule has 1 N–H and O–H groups in total. The molecule has 0 aliphatic carbocycles. The van der Waals surface area contributed by atoms with E-state index in [9.17, 15) is 22.4 Å². The number of hydrogen-bond donors (Lipinski definition) is 1. The molecule has 18 heavy (non-hydrogen) atoms. The summed E-state index contributed by atoms with van der Waals surface area (Å²) in [6, 6.07) is 2.39. The van der Waals surface area contributed by atoms with E-state index in [1.165, 1.54) is 6.92 Å². The molecule has 0 unspecified atom stereocenters. The van der Waals surface area contributed by atoms with Crippen molar-refractivity contribution in [3.8, 4) is 5.75 Å². The van der Waals surface area contributed by atoms with E-state index < -0.39 is 36.1 Å². The molecule has 0 saturated heterocycles. The average Bonchev–Trinajstić information content (AvgIpc) is 2.24. The van der Waals surface area contributed by atoms with Crippen molar-refractivity contribution < 1.29 is 32.2 Å². The van der Waals surface area contributed by atoms with Crippen LogP contribution >= 0.6 is 0 Å². The third kappa shape index (κ3) is 3.61. The Balaban J connectivity index is 3.10. The summed E-state index contributed by atoms with van der Waals surface area (Å²) in [4.78, 5) is 10.6. The maximum atomic E-state index is 12.6. The number of ether oxygens (including phenoxy) is 1. The molecule has 0 radical (unpaired) electrons.